The van der Waals surface area contributed by atoms with Crippen molar-refractivity contribution in [1.29, 1.82) is 0 Å². The van der Waals surface area contributed by atoms with Gasteiger partial charge in [-0.1, -0.05) is 12.1 Å². The van der Waals surface area contributed by atoms with Crippen LogP contribution >= 0.6 is 0 Å². The van der Waals surface area contributed by atoms with Crippen molar-refractivity contribution < 1.29 is 9.84 Å². The quantitative estimate of drug-likeness (QED) is 0.818. The fraction of sp³-hybridized carbons (Fsp3) is 0.538. The predicted molar refractivity (Wildman–Crippen MR) is 64.7 cm³/mol. The van der Waals surface area contributed by atoms with Gasteiger partial charge in [0.05, 0.1) is 6.10 Å². The monoisotopic (exact) mass is 221 g/mol. The van der Waals surface area contributed by atoms with E-state index in [-0.39, 0.29) is 0 Å². The maximum atomic E-state index is 9.94. The molecule has 0 fully saturated rings. The summed E-state index contributed by atoms with van der Waals surface area (Å²) in [7, 11) is 1.65. The van der Waals surface area contributed by atoms with Crippen molar-refractivity contribution in [2.45, 2.75) is 31.9 Å². The summed E-state index contributed by atoms with van der Waals surface area (Å²) in [6.07, 6.45) is 1.29. The van der Waals surface area contributed by atoms with E-state index in [1.807, 2.05) is 6.07 Å². The fourth-order valence-corrected chi connectivity index (χ4v) is 2.16. The zero-order chi connectivity index (χ0) is 11.5. The van der Waals surface area contributed by atoms with E-state index in [1.165, 1.54) is 11.3 Å². The van der Waals surface area contributed by atoms with Gasteiger partial charge in [-0.3, -0.25) is 0 Å². The van der Waals surface area contributed by atoms with Crippen LogP contribution in [0.3, 0.4) is 0 Å². The largest absolute Gasteiger partial charge is 0.388 e. The molecule has 3 heteroatoms. The molecule has 0 aromatic heterocycles. The van der Waals surface area contributed by atoms with Crippen molar-refractivity contribution in [2.75, 3.05) is 19.0 Å². The van der Waals surface area contributed by atoms with Crippen LogP contribution in [0.4, 0.5) is 5.69 Å². The van der Waals surface area contributed by atoms with Gasteiger partial charge in [-0.15, -0.1) is 0 Å². The molecule has 2 atom stereocenters. The second kappa shape index (κ2) is 4.85. The topological polar surface area (TPSA) is 41.5 Å². The van der Waals surface area contributed by atoms with Gasteiger partial charge in [0.25, 0.3) is 0 Å². The molecule has 1 aromatic rings. The van der Waals surface area contributed by atoms with Gasteiger partial charge >= 0.3 is 0 Å². The molecule has 0 amide bonds. The number of hydrogen-bond donors (Lipinski definition) is 2. The lowest BCUT2D eigenvalue weighted by Gasteiger charge is -2.12. The molecule has 2 rings (SSSR count). The standard InChI is InChI=1S/C13H19NO2/c1-9-7-10-3-4-11(8-12(10)14-9)13(15)5-6-16-2/h3-4,8-9,13-15H,5-7H2,1-2H3. The normalized spacial score (nSPS) is 20.3. The van der Waals surface area contributed by atoms with Crippen LogP contribution in [0.2, 0.25) is 0 Å². The minimum atomic E-state index is -0.428. The van der Waals surface area contributed by atoms with Gasteiger partial charge in [-0.05, 0) is 30.5 Å². The summed E-state index contributed by atoms with van der Waals surface area (Å²) in [5.41, 5.74) is 3.48. The zero-order valence-corrected chi connectivity index (χ0v) is 9.86. The third-order valence-corrected chi connectivity index (χ3v) is 3.04. The van der Waals surface area contributed by atoms with Crippen molar-refractivity contribution in [2.24, 2.45) is 0 Å². The Bertz CT molecular complexity index is 365. The van der Waals surface area contributed by atoms with Crippen molar-refractivity contribution >= 4 is 5.69 Å². The first-order valence-corrected chi connectivity index (χ1v) is 5.77. The SMILES string of the molecule is COCCC(O)c1ccc2c(c1)NC(C)C2. The molecule has 0 bridgehead atoms. The van der Waals surface area contributed by atoms with Crippen molar-refractivity contribution in [3.63, 3.8) is 0 Å². The number of fused-ring (bicyclic) bond motifs is 1. The smallest absolute Gasteiger partial charge is 0.0812 e. The van der Waals surface area contributed by atoms with E-state index in [0.717, 1.165) is 12.0 Å². The number of rotatable bonds is 4. The molecule has 0 radical (unpaired) electrons. The number of anilines is 1. The highest BCUT2D eigenvalue weighted by atomic mass is 16.5. The second-order valence-electron chi connectivity index (χ2n) is 4.46. The van der Waals surface area contributed by atoms with Crippen LogP contribution in [0.25, 0.3) is 0 Å². The van der Waals surface area contributed by atoms with Crippen LogP contribution in [-0.2, 0) is 11.2 Å². The summed E-state index contributed by atoms with van der Waals surface area (Å²) in [6.45, 7) is 2.75. The number of benzene rings is 1. The van der Waals surface area contributed by atoms with E-state index in [4.69, 9.17) is 4.74 Å². The van der Waals surface area contributed by atoms with E-state index in [2.05, 4.69) is 24.4 Å². The van der Waals surface area contributed by atoms with Crippen LogP contribution in [0.5, 0.6) is 0 Å². The maximum absolute atomic E-state index is 9.94. The van der Waals surface area contributed by atoms with Gasteiger partial charge in [-0.25, -0.2) is 0 Å². The van der Waals surface area contributed by atoms with Gasteiger partial charge in [-0.2, -0.15) is 0 Å². The Hall–Kier alpha value is -1.06. The summed E-state index contributed by atoms with van der Waals surface area (Å²) < 4.78 is 4.97. The molecule has 0 saturated carbocycles. The lowest BCUT2D eigenvalue weighted by atomic mass is 10.0. The van der Waals surface area contributed by atoms with E-state index in [9.17, 15) is 5.11 Å². The van der Waals surface area contributed by atoms with Gasteiger partial charge in [0.15, 0.2) is 0 Å². The molecule has 88 valence electrons. The number of hydrogen-bond acceptors (Lipinski definition) is 3. The molecule has 0 saturated heterocycles. The first kappa shape index (κ1) is 11.4. The summed E-state index contributed by atoms with van der Waals surface area (Å²) in [5, 5.41) is 13.3. The van der Waals surface area contributed by atoms with Crippen LogP contribution in [-0.4, -0.2) is 24.9 Å². The van der Waals surface area contributed by atoms with Crippen LogP contribution in [0.15, 0.2) is 18.2 Å². The van der Waals surface area contributed by atoms with Gasteiger partial charge in [0.2, 0.25) is 0 Å². The highest BCUT2D eigenvalue weighted by Crippen LogP contribution is 2.29. The Morgan fingerprint density at radius 2 is 2.38 bits per heavy atom. The summed E-state index contributed by atoms with van der Waals surface area (Å²) in [4.78, 5) is 0. The highest BCUT2D eigenvalue weighted by Gasteiger charge is 2.18. The molecule has 2 unspecified atom stereocenters. The maximum Gasteiger partial charge on any atom is 0.0812 e. The molecule has 1 aliphatic heterocycles. The van der Waals surface area contributed by atoms with Crippen LogP contribution < -0.4 is 5.32 Å². The minimum Gasteiger partial charge on any atom is -0.388 e. The average Bonchev–Trinajstić information content (AvgIpc) is 2.64. The van der Waals surface area contributed by atoms with Gasteiger partial charge in [0.1, 0.15) is 0 Å². The summed E-state index contributed by atoms with van der Waals surface area (Å²) in [5.74, 6) is 0. The molecule has 1 aromatic carbocycles. The summed E-state index contributed by atoms with van der Waals surface area (Å²) >= 11 is 0. The Labute approximate surface area is 96.4 Å². The van der Waals surface area contributed by atoms with Crippen molar-refractivity contribution in [1.82, 2.24) is 0 Å². The van der Waals surface area contributed by atoms with Gasteiger partial charge < -0.3 is 15.2 Å². The lowest BCUT2D eigenvalue weighted by molar-refractivity contribution is 0.110. The van der Waals surface area contributed by atoms with Crippen molar-refractivity contribution in [3.05, 3.63) is 29.3 Å². The van der Waals surface area contributed by atoms with E-state index in [0.29, 0.717) is 19.1 Å². The Morgan fingerprint density at radius 3 is 3.12 bits per heavy atom. The zero-order valence-electron chi connectivity index (χ0n) is 9.86. The molecular weight excluding hydrogens is 202 g/mol. The van der Waals surface area contributed by atoms with Gasteiger partial charge in [0, 0.05) is 31.9 Å². The van der Waals surface area contributed by atoms with E-state index in [1.54, 1.807) is 7.11 Å². The average molecular weight is 221 g/mol. The number of methoxy groups -OCH3 is 1. The van der Waals surface area contributed by atoms with E-state index < -0.39 is 6.10 Å². The minimum absolute atomic E-state index is 0.428. The molecule has 1 heterocycles. The number of aliphatic hydroxyl groups excluding tert-OH is 1. The second-order valence-corrected chi connectivity index (χ2v) is 4.46. The first-order valence-electron chi connectivity index (χ1n) is 5.77. The molecule has 3 nitrogen and oxygen atoms in total. The molecule has 0 aliphatic carbocycles. The number of aliphatic hydroxyl groups is 1. The third-order valence-electron chi connectivity index (χ3n) is 3.04. The first-order chi connectivity index (χ1) is 7.70. The number of nitrogens with one attached hydrogen (secondary N) is 1. The Morgan fingerprint density at radius 1 is 1.56 bits per heavy atom. The fourth-order valence-electron chi connectivity index (χ4n) is 2.16. The van der Waals surface area contributed by atoms with Crippen LogP contribution in [0, 0.1) is 0 Å². The molecule has 1 aliphatic rings. The summed E-state index contributed by atoms with van der Waals surface area (Å²) in [6, 6.07) is 6.68. The third kappa shape index (κ3) is 2.36. The highest BCUT2D eigenvalue weighted by molar-refractivity contribution is 5.58. The van der Waals surface area contributed by atoms with Crippen molar-refractivity contribution in [3.8, 4) is 0 Å². The Balaban J connectivity index is 2.09. The molecular formula is C13H19NO2. The predicted octanol–water partition coefficient (Wildman–Crippen LogP) is 2.11. The lowest BCUT2D eigenvalue weighted by Crippen LogP contribution is -2.08. The number of ether oxygens (including phenoxy) is 1. The molecule has 2 N–H and O–H groups in total. The molecule has 0 spiro atoms. The van der Waals surface area contributed by atoms with Crippen LogP contribution in [0.1, 0.15) is 30.6 Å². The van der Waals surface area contributed by atoms with E-state index >= 15 is 0 Å². The Kier molecular flexibility index (Phi) is 3.46. The molecule has 16 heavy (non-hydrogen) atoms.